The molecule has 1 fully saturated rings. The van der Waals surface area contributed by atoms with E-state index in [0.29, 0.717) is 35.6 Å². The summed E-state index contributed by atoms with van der Waals surface area (Å²) in [4.78, 5) is 29.7. The Hall–Kier alpha value is -1.66. The molecule has 0 spiro atoms. The number of ether oxygens (including phenoxy) is 1. The van der Waals surface area contributed by atoms with Gasteiger partial charge in [-0.05, 0) is 31.4 Å². The molecule has 0 amide bonds. The molecule has 0 aliphatic heterocycles. The van der Waals surface area contributed by atoms with E-state index in [0.717, 1.165) is 25.7 Å². The van der Waals surface area contributed by atoms with Crippen molar-refractivity contribution in [2.45, 2.75) is 49.1 Å². The van der Waals surface area contributed by atoms with Gasteiger partial charge < -0.3 is 4.74 Å². The van der Waals surface area contributed by atoms with Crippen LogP contribution in [-0.4, -0.2) is 34.3 Å². The van der Waals surface area contributed by atoms with Crippen LogP contribution in [0.25, 0.3) is 10.9 Å². The first kappa shape index (κ1) is 17.2. The molecule has 1 aliphatic carbocycles. The molecular formula is C18H22N2O3S. The Kier molecular flexibility index (Phi) is 5.68. The quantitative estimate of drug-likeness (QED) is 0.594. The molecule has 0 bridgehead atoms. The van der Waals surface area contributed by atoms with Gasteiger partial charge in [0.2, 0.25) is 0 Å². The average molecular weight is 346 g/mol. The smallest absolute Gasteiger partial charge is 0.262 e. The first-order chi connectivity index (χ1) is 11.7. The molecule has 1 aliphatic rings. The molecule has 1 heterocycles. The molecule has 1 saturated carbocycles. The maximum atomic E-state index is 12.9. The number of hydrogen-bond acceptors (Lipinski definition) is 5. The minimum absolute atomic E-state index is 0.0394. The van der Waals surface area contributed by atoms with Crippen LogP contribution in [0.3, 0.4) is 0 Å². The molecule has 24 heavy (non-hydrogen) atoms. The molecule has 1 aromatic carbocycles. The summed E-state index contributed by atoms with van der Waals surface area (Å²) in [5, 5.41) is 1.18. The summed E-state index contributed by atoms with van der Waals surface area (Å²) in [6.45, 7) is 1.14. The van der Waals surface area contributed by atoms with Gasteiger partial charge in [0, 0.05) is 26.7 Å². The first-order valence-corrected chi connectivity index (χ1v) is 9.26. The van der Waals surface area contributed by atoms with Crippen LogP contribution in [0.2, 0.25) is 0 Å². The zero-order valence-electron chi connectivity index (χ0n) is 13.9. The van der Waals surface area contributed by atoms with Gasteiger partial charge in [0.15, 0.2) is 5.16 Å². The molecule has 0 N–H and O–H groups in total. The Morgan fingerprint density at radius 1 is 1.29 bits per heavy atom. The zero-order chi connectivity index (χ0) is 16.9. The number of benzene rings is 1. The molecule has 2 aromatic rings. The number of fused-ring (bicyclic) bond motifs is 1. The van der Waals surface area contributed by atoms with Crippen LogP contribution >= 0.6 is 11.8 Å². The SMILES string of the molecule is COCCCn1c(SC2CCCCC2=O)nc2ccccc2c1=O. The van der Waals surface area contributed by atoms with Crippen LogP contribution in [-0.2, 0) is 16.1 Å². The lowest BCUT2D eigenvalue weighted by Gasteiger charge is -2.21. The fourth-order valence-electron chi connectivity index (χ4n) is 3.00. The normalized spacial score (nSPS) is 18.2. The Balaban J connectivity index is 1.98. The van der Waals surface area contributed by atoms with Gasteiger partial charge in [-0.25, -0.2) is 4.98 Å². The Morgan fingerprint density at radius 2 is 2.12 bits per heavy atom. The monoisotopic (exact) mass is 346 g/mol. The Morgan fingerprint density at radius 3 is 2.92 bits per heavy atom. The molecule has 0 radical (unpaired) electrons. The second-order valence-corrected chi connectivity index (χ2v) is 7.20. The third kappa shape index (κ3) is 3.70. The number of nitrogens with zero attached hydrogens (tertiary/aromatic N) is 2. The van der Waals surface area contributed by atoms with E-state index >= 15 is 0 Å². The average Bonchev–Trinajstić information content (AvgIpc) is 2.60. The van der Waals surface area contributed by atoms with Crippen molar-refractivity contribution in [1.82, 2.24) is 9.55 Å². The molecular weight excluding hydrogens is 324 g/mol. The number of aromatic nitrogens is 2. The largest absolute Gasteiger partial charge is 0.385 e. The second kappa shape index (κ2) is 7.94. The number of carbonyl (C=O) groups is 1. The lowest BCUT2D eigenvalue weighted by Crippen LogP contribution is -2.27. The third-order valence-electron chi connectivity index (χ3n) is 4.30. The maximum absolute atomic E-state index is 12.9. The number of hydrogen-bond donors (Lipinski definition) is 0. The van der Waals surface area contributed by atoms with E-state index in [1.54, 1.807) is 17.7 Å². The Labute approximate surface area is 145 Å². The fraction of sp³-hybridized carbons (Fsp3) is 0.500. The highest BCUT2D eigenvalue weighted by Gasteiger charge is 2.25. The summed E-state index contributed by atoms with van der Waals surface area (Å²) in [5.41, 5.74) is 0.652. The van der Waals surface area contributed by atoms with E-state index in [4.69, 9.17) is 4.74 Å². The molecule has 128 valence electrons. The van der Waals surface area contributed by atoms with Crippen molar-refractivity contribution in [3.05, 3.63) is 34.6 Å². The maximum Gasteiger partial charge on any atom is 0.262 e. The van der Waals surface area contributed by atoms with Crippen LogP contribution in [0.5, 0.6) is 0 Å². The summed E-state index contributed by atoms with van der Waals surface area (Å²) in [6, 6.07) is 7.38. The van der Waals surface area contributed by atoms with Gasteiger partial charge in [0.05, 0.1) is 16.2 Å². The van der Waals surface area contributed by atoms with Gasteiger partial charge in [0.25, 0.3) is 5.56 Å². The van der Waals surface area contributed by atoms with Crippen molar-refractivity contribution >= 4 is 28.4 Å². The van der Waals surface area contributed by atoms with Gasteiger partial charge in [-0.1, -0.05) is 30.3 Å². The number of methoxy groups -OCH3 is 1. The predicted molar refractivity (Wildman–Crippen MR) is 95.6 cm³/mol. The summed E-state index contributed by atoms with van der Waals surface area (Å²) < 4.78 is 6.80. The highest BCUT2D eigenvalue weighted by atomic mass is 32.2. The number of Topliss-reactive ketones (excluding diaryl/α,β-unsaturated/α-hetero) is 1. The van der Waals surface area contributed by atoms with Gasteiger partial charge in [0.1, 0.15) is 5.78 Å². The lowest BCUT2D eigenvalue weighted by molar-refractivity contribution is -0.119. The van der Waals surface area contributed by atoms with E-state index in [9.17, 15) is 9.59 Å². The van der Waals surface area contributed by atoms with E-state index in [1.807, 2.05) is 18.2 Å². The van der Waals surface area contributed by atoms with Crippen molar-refractivity contribution in [3.8, 4) is 0 Å². The van der Waals surface area contributed by atoms with Crippen molar-refractivity contribution < 1.29 is 9.53 Å². The molecule has 1 atom stereocenters. The minimum Gasteiger partial charge on any atom is -0.385 e. The van der Waals surface area contributed by atoms with E-state index in [1.165, 1.54) is 11.8 Å². The van der Waals surface area contributed by atoms with Crippen LogP contribution in [0.4, 0.5) is 0 Å². The molecule has 1 unspecified atom stereocenters. The van der Waals surface area contributed by atoms with Crippen LogP contribution in [0.1, 0.15) is 32.1 Å². The molecule has 5 nitrogen and oxygen atoms in total. The molecule has 1 aromatic heterocycles. The number of ketones is 1. The van der Waals surface area contributed by atoms with E-state index in [2.05, 4.69) is 4.98 Å². The van der Waals surface area contributed by atoms with Crippen LogP contribution < -0.4 is 5.56 Å². The van der Waals surface area contributed by atoms with Crippen molar-refractivity contribution in [2.24, 2.45) is 0 Å². The number of para-hydroxylation sites is 1. The summed E-state index contributed by atoms with van der Waals surface area (Å²) in [6.07, 6.45) is 4.28. The first-order valence-electron chi connectivity index (χ1n) is 8.38. The zero-order valence-corrected chi connectivity index (χ0v) is 14.7. The highest BCUT2D eigenvalue weighted by Crippen LogP contribution is 2.31. The number of carbonyl (C=O) groups excluding carboxylic acids is 1. The van der Waals surface area contributed by atoms with Crippen LogP contribution in [0, 0.1) is 0 Å². The summed E-state index contributed by atoms with van der Waals surface area (Å²) >= 11 is 1.45. The molecule has 0 saturated heterocycles. The van der Waals surface area contributed by atoms with Crippen LogP contribution in [0.15, 0.2) is 34.2 Å². The number of rotatable bonds is 6. The third-order valence-corrected chi connectivity index (χ3v) is 5.61. The topological polar surface area (TPSA) is 61.2 Å². The standard InChI is InChI=1S/C18H22N2O3S/c1-23-12-6-11-20-17(22)13-7-2-3-8-14(13)19-18(20)24-16-10-5-4-9-15(16)21/h2-3,7-8,16H,4-6,9-12H2,1H3. The van der Waals surface area contributed by atoms with Gasteiger partial charge in [-0.2, -0.15) is 0 Å². The number of thioether (sulfide) groups is 1. The van der Waals surface area contributed by atoms with Crippen molar-refractivity contribution in [3.63, 3.8) is 0 Å². The Bertz CT molecular complexity index is 787. The summed E-state index contributed by atoms with van der Waals surface area (Å²) in [7, 11) is 1.65. The van der Waals surface area contributed by atoms with Gasteiger partial charge in [-0.15, -0.1) is 0 Å². The van der Waals surface area contributed by atoms with Crippen molar-refractivity contribution in [1.29, 1.82) is 0 Å². The minimum atomic E-state index is -0.0829. The van der Waals surface area contributed by atoms with Gasteiger partial charge >= 0.3 is 0 Å². The highest BCUT2D eigenvalue weighted by molar-refractivity contribution is 8.00. The predicted octanol–water partition coefficient (Wildman–Crippen LogP) is 3.04. The lowest BCUT2D eigenvalue weighted by atomic mass is 9.99. The molecule has 6 heteroatoms. The molecule has 3 rings (SSSR count). The van der Waals surface area contributed by atoms with E-state index in [-0.39, 0.29) is 16.6 Å². The van der Waals surface area contributed by atoms with E-state index < -0.39 is 0 Å². The summed E-state index contributed by atoms with van der Waals surface area (Å²) in [5.74, 6) is 0.275. The fourth-order valence-corrected chi connectivity index (χ4v) is 4.25. The van der Waals surface area contributed by atoms with Gasteiger partial charge in [-0.3, -0.25) is 14.2 Å². The van der Waals surface area contributed by atoms with Crippen molar-refractivity contribution in [2.75, 3.05) is 13.7 Å². The second-order valence-electron chi connectivity index (χ2n) is 6.03.